The van der Waals surface area contributed by atoms with Crippen LogP contribution >= 0.6 is 23.2 Å². The fourth-order valence-electron chi connectivity index (χ4n) is 1.13. The summed E-state index contributed by atoms with van der Waals surface area (Å²) in [5, 5.41) is 16.0. The van der Waals surface area contributed by atoms with Gasteiger partial charge in [0.1, 0.15) is 11.6 Å². The van der Waals surface area contributed by atoms with E-state index in [0.717, 1.165) is 6.54 Å². The molecule has 0 fully saturated rings. The molecule has 0 saturated carbocycles. The highest BCUT2D eigenvalue weighted by Gasteiger charge is 2.09. The van der Waals surface area contributed by atoms with E-state index in [1.54, 1.807) is 13.0 Å². The lowest BCUT2D eigenvalue weighted by Crippen LogP contribution is -2.16. The van der Waals surface area contributed by atoms with Gasteiger partial charge in [-0.25, -0.2) is 4.98 Å². The van der Waals surface area contributed by atoms with Crippen LogP contribution in [0.3, 0.4) is 0 Å². The molecule has 90 valence electrons. The normalized spacial score (nSPS) is 12.3. The number of hydrogen-bond donors (Lipinski definition) is 3. The van der Waals surface area contributed by atoms with Gasteiger partial charge in [0, 0.05) is 13.1 Å². The van der Waals surface area contributed by atoms with Gasteiger partial charge in [0.15, 0.2) is 0 Å². The summed E-state index contributed by atoms with van der Waals surface area (Å²) >= 11 is 11.9. The van der Waals surface area contributed by atoms with Gasteiger partial charge in [0.25, 0.3) is 0 Å². The molecular weight excluding hydrogens is 249 g/mol. The van der Waals surface area contributed by atoms with Crippen molar-refractivity contribution in [2.45, 2.75) is 20.0 Å². The van der Waals surface area contributed by atoms with Crippen LogP contribution < -0.4 is 10.6 Å². The molecular formula is C10H15Cl2N3O. The second-order valence-corrected chi connectivity index (χ2v) is 4.22. The van der Waals surface area contributed by atoms with Gasteiger partial charge >= 0.3 is 0 Å². The standard InChI is InChI=1S/C10H15Cl2N3O/c1-3-13-9-7(11)4-8(12)10(15-9)14-5-6(2)16/h4,6,16H,3,5H2,1-2H3,(H2,13,14,15). The summed E-state index contributed by atoms with van der Waals surface area (Å²) in [6.45, 7) is 4.75. The first kappa shape index (κ1) is 13.4. The van der Waals surface area contributed by atoms with E-state index >= 15 is 0 Å². The molecule has 0 spiro atoms. The monoisotopic (exact) mass is 263 g/mol. The Morgan fingerprint density at radius 3 is 2.38 bits per heavy atom. The number of pyridine rings is 1. The highest BCUT2D eigenvalue weighted by Crippen LogP contribution is 2.28. The summed E-state index contributed by atoms with van der Waals surface area (Å²) in [6, 6.07) is 1.62. The van der Waals surface area contributed by atoms with Crippen molar-refractivity contribution in [3.63, 3.8) is 0 Å². The zero-order valence-corrected chi connectivity index (χ0v) is 10.7. The Morgan fingerprint density at radius 1 is 1.31 bits per heavy atom. The van der Waals surface area contributed by atoms with Crippen molar-refractivity contribution in [3.05, 3.63) is 16.1 Å². The van der Waals surface area contributed by atoms with Crippen LogP contribution in [0.15, 0.2) is 6.07 Å². The quantitative estimate of drug-likeness (QED) is 0.765. The smallest absolute Gasteiger partial charge is 0.147 e. The Labute approximate surface area is 105 Å². The molecule has 0 aromatic carbocycles. The number of halogens is 2. The molecule has 4 nitrogen and oxygen atoms in total. The second kappa shape index (κ2) is 6.13. The highest BCUT2D eigenvalue weighted by atomic mass is 35.5. The van der Waals surface area contributed by atoms with Crippen molar-refractivity contribution >= 4 is 34.8 Å². The molecule has 0 radical (unpaired) electrons. The van der Waals surface area contributed by atoms with Crippen LogP contribution in [0.1, 0.15) is 13.8 Å². The van der Waals surface area contributed by atoms with E-state index < -0.39 is 6.10 Å². The Morgan fingerprint density at radius 2 is 1.88 bits per heavy atom. The van der Waals surface area contributed by atoms with E-state index in [9.17, 15) is 0 Å². The average Bonchev–Trinajstić information content (AvgIpc) is 2.20. The van der Waals surface area contributed by atoms with Crippen LogP contribution in [0.25, 0.3) is 0 Å². The number of aliphatic hydroxyl groups excluding tert-OH is 1. The number of nitrogens with one attached hydrogen (secondary N) is 2. The van der Waals surface area contributed by atoms with E-state index in [1.807, 2.05) is 6.92 Å². The summed E-state index contributed by atoms with van der Waals surface area (Å²) in [5.74, 6) is 1.10. The third-order valence-corrected chi connectivity index (χ3v) is 2.41. The Hall–Kier alpha value is -0.710. The lowest BCUT2D eigenvalue weighted by molar-refractivity contribution is 0.208. The molecule has 0 amide bonds. The van der Waals surface area contributed by atoms with E-state index in [0.29, 0.717) is 28.2 Å². The summed E-state index contributed by atoms with van der Waals surface area (Å²) in [5.41, 5.74) is 0. The molecule has 6 heteroatoms. The maximum absolute atomic E-state index is 9.16. The van der Waals surface area contributed by atoms with Gasteiger partial charge in [-0.05, 0) is 19.9 Å². The third kappa shape index (κ3) is 3.70. The number of rotatable bonds is 5. The molecule has 1 aromatic rings. The van der Waals surface area contributed by atoms with Crippen molar-refractivity contribution in [2.75, 3.05) is 23.7 Å². The number of aliphatic hydroxyl groups is 1. The largest absolute Gasteiger partial charge is 0.392 e. The minimum absolute atomic E-state index is 0.389. The number of nitrogens with zero attached hydrogens (tertiary/aromatic N) is 1. The molecule has 3 N–H and O–H groups in total. The van der Waals surface area contributed by atoms with Gasteiger partial charge < -0.3 is 15.7 Å². The molecule has 1 unspecified atom stereocenters. The minimum atomic E-state index is -0.462. The lowest BCUT2D eigenvalue weighted by atomic mass is 10.4. The van der Waals surface area contributed by atoms with E-state index in [2.05, 4.69) is 15.6 Å². The van der Waals surface area contributed by atoms with Crippen molar-refractivity contribution in [1.82, 2.24) is 4.98 Å². The van der Waals surface area contributed by atoms with Gasteiger partial charge in [-0.2, -0.15) is 0 Å². The van der Waals surface area contributed by atoms with Crippen molar-refractivity contribution < 1.29 is 5.11 Å². The van der Waals surface area contributed by atoms with Crippen molar-refractivity contribution in [2.24, 2.45) is 0 Å². The van der Waals surface area contributed by atoms with E-state index in [4.69, 9.17) is 28.3 Å². The van der Waals surface area contributed by atoms with Crippen LogP contribution in [0.5, 0.6) is 0 Å². The van der Waals surface area contributed by atoms with Crippen LogP contribution in [0.2, 0.25) is 10.0 Å². The lowest BCUT2D eigenvalue weighted by Gasteiger charge is -2.12. The van der Waals surface area contributed by atoms with Gasteiger partial charge in [0.05, 0.1) is 16.1 Å². The van der Waals surface area contributed by atoms with Crippen LogP contribution in [0.4, 0.5) is 11.6 Å². The predicted molar refractivity (Wildman–Crippen MR) is 68.6 cm³/mol. The number of aromatic nitrogens is 1. The Kier molecular flexibility index (Phi) is 5.12. The van der Waals surface area contributed by atoms with Crippen LogP contribution in [0, 0.1) is 0 Å². The summed E-state index contributed by atoms with van der Waals surface area (Å²) < 4.78 is 0. The molecule has 0 saturated heterocycles. The molecule has 1 aromatic heterocycles. The molecule has 0 aliphatic rings. The van der Waals surface area contributed by atoms with Gasteiger partial charge in [-0.1, -0.05) is 23.2 Å². The summed E-state index contributed by atoms with van der Waals surface area (Å²) in [4.78, 5) is 4.24. The van der Waals surface area contributed by atoms with Crippen molar-refractivity contribution in [3.8, 4) is 0 Å². The molecule has 0 aliphatic carbocycles. The molecule has 16 heavy (non-hydrogen) atoms. The first-order valence-corrected chi connectivity index (χ1v) is 5.82. The molecule has 1 atom stereocenters. The predicted octanol–water partition coefficient (Wildman–Crippen LogP) is 2.61. The fourth-order valence-corrected chi connectivity index (χ4v) is 1.62. The van der Waals surface area contributed by atoms with E-state index in [1.165, 1.54) is 0 Å². The average molecular weight is 264 g/mol. The fraction of sp³-hybridized carbons (Fsp3) is 0.500. The Bertz CT molecular complexity index is 358. The first-order chi connectivity index (χ1) is 7.54. The van der Waals surface area contributed by atoms with Gasteiger partial charge in [-0.15, -0.1) is 0 Å². The molecule has 1 rings (SSSR count). The zero-order chi connectivity index (χ0) is 12.1. The maximum Gasteiger partial charge on any atom is 0.147 e. The van der Waals surface area contributed by atoms with Crippen molar-refractivity contribution in [1.29, 1.82) is 0 Å². The topological polar surface area (TPSA) is 57.2 Å². The zero-order valence-electron chi connectivity index (χ0n) is 9.22. The maximum atomic E-state index is 9.16. The van der Waals surface area contributed by atoms with E-state index in [-0.39, 0.29) is 0 Å². The molecule has 0 aliphatic heterocycles. The summed E-state index contributed by atoms with van der Waals surface area (Å²) in [6.07, 6.45) is -0.462. The van der Waals surface area contributed by atoms with Crippen LogP contribution in [-0.4, -0.2) is 29.3 Å². The summed E-state index contributed by atoms with van der Waals surface area (Å²) in [7, 11) is 0. The SMILES string of the molecule is CCNc1nc(NCC(C)O)c(Cl)cc1Cl. The molecule has 0 bridgehead atoms. The number of hydrogen-bond acceptors (Lipinski definition) is 4. The Balaban J connectivity index is 2.86. The first-order valence-electron chi connectivity index (χ1n) is 5.06. The van der Waals surface area contributed by atoms with Crippen LogP contribution in [-0.2, 0) is 0 Å². The van der Waals surface area contributed by atoms with Gasteiger partial charge in [-0.3, -0.25) is 0 Å². The van der Waals surface area contributed by atoms with Gasteiger partial charge in [0.2, 0.25) is 0 Å². The highest BCUT2D eigenvalue weighted by molar-refractivity contribution is 6.37. The molecule has 1 heterocycles. The minimum Gasteiger partial charge on any atom is -0.392 e. The second-order valence-electron chi connectivity index (χ2n) is 3.41. The number of anilines is 2. The third-order valence-electron chi connectivity index (χ3n) is 1.84.